The zero-order valence-electron chi connectivity index (χ0n) is 16.2. The van der Waals surface area contributed by atoms with Gasteiger partial charge in [-0.1, -0.05) is 6.07 Å². The number of aromatic nitrogens is 3. The topological polar surface area (TPSA) is 83.0 Å². The fraction of sp³-hybridized carbons (Fsp3) is 0.450. The third-order valence-corrected chi connectivity index (χ3v) is 5.16. The van der Waals surface area contributed by atoms with Crippen molar-refractivity contribution in [3.63, 3.8) is 0 Å². The number of likely N-dealkylation sites (tertiary alicyclic amines) is 1. The van der Waals surface area contributed by atoms with Crippen LogP contribution in [0.2, 0.25) is 0 Å². The number of hydrogen-bond acceptors (Lipinski definition) is 5. The lowest BCUT2D eigenvalue weighted by Gasteiger charge is -2.26. The number of furan rings is 1. The first kappa shape index (κ1) is 18.5. The van der Waals surface area contributed by atoms with Gasteiger partial charge in [0.25, 0.3) is 0 Å². The van der Waals surface area contributed by atoms with Gasteiger partial charge in [0.1, 0.15) is 11.6 Å². The molecule has 0 bridgehead atoms. The van der Waals surface area contributed by atoms with Crippen LogP contribution in [-0.2, 0) is 6.42 Å². The summed E-state index contributed by atoms with van der Waals surface area (Å²) >= 11 is 0. The fourth-order valence-electron chi connectivity index (χ4n) is 3.71. The summed E-state index contributed by atoms with van der Waals surface area (Å²) in [4.78, 5) is 6.83. The SMILES string of the molecule is CN=C(NCCc1nnc2ccccn12)NCC(c1ccco1)N1CCCC1. The van der Waals surface area contributed by atoms with Gasteiger partial charge >= 0.3 is 0 Å². The Morgan fingerprint density at radius 2 is 2.07 bits per heavy atom. The molecule has 0 aliphatic carbocycles. The molecule has 1 aliphatic rings. The van der Waals surface area contributed by atoms with Crippen LogP contribution in [-0.4, -0.2) is 58.7 Å². The van der Waals surface area contributed by atoms with Crippen molar-refractivity contribution in [1.82, 2.24) is 30.1 Å². The summed E-state index contributed by atoms with van der Waals surface area (Å²) in [7, 11) is 1.79. The monoisotopic (exact) mass is 381 g/mol. The molecule has 8 heteroatoms. The molecule has 2 N–H and O–H groups in total. The smallest absolute Gasteiger partial charge is 0.191 e. The lowest BCUT2D eigenvalue weighted by atomic mass is 10.2. The van der Waals surface area contributed by atoms with Crippen molar-refractivity contribution in [3.05, 3.63) is 54.4 Å². The Labute approximate surface area is 164 Å². The van der Waals surface area contributed by atoms with Crippen LogP contribution in [0.1, 0.15) is 30.5 Å². The molecule has 4 heterocycles. The number of hydrogen-bond donors (Lipinski definition) is 2. The molecule has 28 heavy (non-hydrogen) atoms. The van der Waals surface area contributed by atoms with Gasteiger partial charge in [-0.15, -0.1) is 10.2 Å². The van der Waals surface area contributed by atoms with Gasteiger partial charge in [0.05, 0.1) is 12.3 Å². The first-order chi connectivity index (χ1) is 13.8. The fourth-order valence-corrected chi connectivity index (χ4v) is 3.71. The minimum Gasteiger partial charge on any atom is -0.468 e. The molecule has 8 nitrogen and oxygen atoms in total. The van der Waals surface area contributed by atoms with E-state index in [1.165, 1.54) is 12.8 Å². The number of fused-ring (bicyclic) bond motifs is 1. The summed E-state index contributed by atoms with van der Waals surface area (Å²) in [6.45, 7) is 3.70. The maximum atomic E-state index is 5.69. The van der Waals surface area contributed by atoms with Gasteiger partial charge in [0, 0.05) is 32.8 Å². The Bertz CT molecular complexity index is 896. The number of guanidine groups is 1. The van der Waals surface area contributed by atoms with Gasteiger partial charge in [0.2, 0.25) is 0 Å². The summed E-state index contributed by atoms with van der Waals surface area (Å²) in [5.41, 5.74) is 0.868. The molecule has 0 amide bonds. The third kappa shape index (κ3) is 4.17. The summed E-state index contributed by atoms with van der Waals surface area (Å²) in [5.74, 6) is 2.72. The number of nitrogens with one attached hydrogen (secondary N) is 2. The Kier molecular flexibility index (Phi) is 5.86. The quantitative estimate of drug-likeness (QED) is 0.480. The maximum absolute atomic E-state index is 5.69. The number of rotatable bonds is 7. The van der Waals surface area contributed by atoms with Crippen LogP contribution in [0.25, 0.3) is 5.65 Å². The molecule has 1 saturated heterocycles. The lowest BCUT2D eigenvalue weighted by molar-refractivity contribution is 0.215. The number of pyridine rings is 1. The Morgan fingerprint density at radius 1 is 1.18 bits per heavy atom. The molecule has 1 atom stereocenters. The minimum atomic E-state index is 0.219. The van der Waals surface area contributed by atoms with E-state index in [9.17, 15) is 0 Å². The second kappa shape index (κ2) is 8.88. The highest BCUT2D eigenvalue weighted by atomic mass is 16.3. The molecule has 4 rings (SSSR count). The summed E-state index contributed by atoms with van der Waals surface area (Å²) in [5, 5.41) is 15.3. The van der Waals surface area contributed by atoms with E-state index in [1.54, 1.807) is 13.3 Å². The summed E-state index contributed by atoms with van der Waals surface area (Å²) < 4.78 is 7.70. The molecule has 148 valence electrons. The van der Waals surface area contributed by atoms with Crippen LogP contribution < -0.4 is 10.6 Å². The first-order valence-electron chi connectivity index (χ1n) is 9.86. The second-order valence-corrected chi connectivity index (χ2v) is 6.95. The molecule has 1 aliphatic heterocycles. The van der Waals surface area contributed by atoms with Crippen LogP contribution in [0, 0.1) is 0 Å². The largest absolute Gasteiger partial charge is 0.468 e. The lowest BCUT2D eigenvalue weighted by Crippen LogP contribution is -2.43. The highest BCUT2D eigenvalue weighted by Gasteiger charge is 2.25. The van der Waals surface area contributed by atoms with Crippen molar-refractivity contribution < 1.29 is 4.42 Å². The molecule has 0 spiro atoms. The van der Waals surface area contributed by atoms with Gasteiger partial charge in [-0.2, -0.15) is 0 Å². The molecule has 3 aromatic rings. The van der Waals surface area contributed by atoms with E-state index in [-0.39, 0.29) is 6.04 Å². The van der Waals surface area contributed by atoms with E-state index >= 15 is 0 Å². The van der Waals surface area contributed by atoms with Gasteiger partial charge in [0.15, 0.2) is 11.6 Å². The van der Waals surface area contributed by atoms with E-state index < -0.39 is 0 Å². The van der Waals surface area contributed by atoms with Crippen molar-refractivity contribution in [1.29, 1.82) is 0 Å². The van der Waals surface area contributed by atoms with Crippen LogP contribution in [0.3, 0.4) is 0 Å². The van der Waals surface area contributed by atoms with E-state index in [1.807, 2.05) is 34.9 Å². The number of aliphatic imine (C=N–C) groups is 1. The predicted octanol–water partition coefficient (Wildman–Crippen LogP) is 1.87. The Hall–Kier alpha value is -2.87. The average molecular weight is 381 g/mol. The van der Waals surface area contributed by atoms with Crippen molar-refractivity contribution in [2.24, 2.45) is 4.99 Å². The first-order valence-corrected chi connectivity index (χ1v) is 9.86. The van der Waals surface area contributed by atoms with Gasteiger partial charge in [-0.3, -0.25) is 14.3 Å². The van der Waals surface area contributed by atoms with E-state index in [0.29, 0.717) is 0 Å². The van der Waals surface area contributed by atoms with Crippen LogP contribution in [0.4, 0.5) is 0 Å². The highest BCUT2D eigenvalue weighted by molar-refractivity contribution is 5.79. The second-order valence-electron chi connectivity index (χ2n) is 6.95. The normalized spacial score (nSPS) is 16.5. The van der Waals surface area contributed by atoms with Crippen molar-refractivity contribution in [2.75, 3.05) is 33.2 Å². The van der Waals surface area contributed by atoms with Gasteiger partial charge in [-0.25, -0.2) is 0 Å². The van der Waals surface area contributed by atoms with Crippen LogP contribution in [0.5, 0.6) is 0 Å². The molecule has 1 fully saturated rings. The summed E-state index contributed by atoms with van der Waals surface area (Å²) in [6.07, 6.45) is 6.99. The Morgan fingerprint density at radius 3 is 2.86 bits per heavy atom. The predicted molar refractivity (Wildman–Crippen MR) is 108 cm³/mol. The minimum absolute atomic E-state index is 0.219. The summed E-state index contributed by atoms with van der Waals surface area (Å²) in [6, 6.07) is 10.1. The molecular formula is C20H27N7O. The van der Waals surface area contributed by atoms with Gasteiger partial charge in [-0.05, 0) is 50.2 Å². The van der Waals surface area contributed by atoms with E-state index in [2.05, 4.69) is 36.8 Å². The standard InChI is InChI=1S/C20H27N7O/c1-21-20(22-10-9-19-25-24-18-8-2-3-13-27(18)19)23-15-16(17-7-6-14-28-17)26-11-4-5-12-26/h2-3,6-8,13-14,16H,4-5,9-12,15H2,1H3,(H2,21,22,23). The molecule has 3 aromatic heterocycles. The molecule has 0 aromatic carbocycles. The molecular weight excluding hydrogens is 354 g/mol. The van der Waals surface area contributed by atoms with Gasteiger partial charge < -0.3 is 15.1 Å². The Balaban J connectivity index is 1.31. The molecule has 0 saturated carbocycles. The maximum Gasteiger partial charge on any atom is 0.191 e. The van der Waals surface area contributed by atoms with E-state index in [4.69, 9.17) is 4.42 Å². The average Bonchev–Trinajstić information content (AvgIpc) is 3.49. The van der Waals surface area contributed by atoms with Crippen LogP contribution in [0.15, 0.2) is 52.2 Å². The zero-order valence-corrected chi connectivity index (χ0v) is 16.2. The van der Waals surface area contributed by atoms with Crippen molar-refractivity contribution in [2.45, 2.75) is 25.3 Å². The third-order valence-electron chi connectivity index (χ3n) is 5.16. The molecule has 0 radical (unpaired) electrons. The van der Waals surface area contributed by atoms with Crippen LogP contribution >= 0.6 is 0 Å². The molecule has 1 unspecified atom stereocenters. The zero-order chi connectivity index (χ0) is 19.2. The van der Waals surface area contributed by atoms with Crippen molar-refractivity contribution in [3.8, 4) is 0 Å². The van der Waals surface area contributed by atoms with E-state index in [0.717, 1.165) is 55.8 Å². The highest BCUT2D eigenvalue weighted by Crippen LogP contribution is 2.24. The number of nitrogens with zero attached hydrogens (tertiary/aromatic N) is 5. The van der Waals surface area contributed by atoms with Crippen molar-refractivity contribution >= 4 is 11.6 Å².